The summed E-state index contributed by atoms with van der Waals surface area (Å²) < 4.78 is 0.910. The van der Waals surface area contributed by atoms with E-state index >= 15 is 0 Å². The lowest BCUT2D eigenvalue weighted by atomic mass is 9.57. The zero-order valence-electron chi connectivity index (χ0n) is 18.6. The van der Waals surface area contributed by atoms with Gasteiger partial charge in [0, 0.05) is 29.7 Å². The van der Waals surface area contributed by atoms with E-state index in [9.17, 15) is 34.8 Å². The van der Waals surface area contributed by atoms with Crippen LogP contribution in [0.25, 0.3) is 10.2 Å². The largest absolute Gasteiger partial charge is 0.511 e. The summed E-state index contributed by atoms with van der Waals surface area (Å²) in [5.74, 6) is -7.28. The quantitative estimate of drug-likeness (QED) is 0.332. The lowest BCUT2D eigenvalue weighted by Crippen LogP contribution is -2.57. The zero-order valence-corrected chi connectivity index (χ0v) is 19.5. The van der Waals surface area contributed by atoms with Gasteiger partial charge in [-0.15, -0.1) is 11.3 Å². The molecule has 3 aliphatic carbocycles. The highest BCUT2D eigenvalue weighted by atomic mass is 32.1. The number of phenols is 1. The van der Waals surface area contributed by atoms with Gasteiger partial charge in [0.2, 0.25) is 5.78 Å². The Morgan fingerprint density at radius 1 is 1.08 bits per heavy atom. The zero-order chi connectivity index (χ0) is 25.5. The predicted octanol–water partition coefficient (Wildman–Crippen LogP) is 2.78. The molecule has 36 heavy (non-hydrogen) atoms. The highest BCUT2D eigenvalue weighted by molar-refractivity contribution is 7.18. The molecule has 1 unspecified atom stereocenters. The van der Waals surface area contributed by atoms with Gasteiger partial charge in [-0.25, -0.2) is 4.98 Å². The lowest BCUT2D eigenvalue weighted by Gasteiger charge is -2.47. The van der Waals surface area contributed by atoms with Gasteiger partial charge in [-0.3, -0.25) is 14.4 Å². The van der Waals surface area contributed by atoms with E-state index in [1.54, 1.807) is 12.1 Å². The molecular formula is C26H20N2O7S. The third-order valence-corrected chi connectivity index (χ3v) is 8.64. The number of aliphatic hydroxyl groups excluding tert-OH is 2. The number of aliphatic hydroxyl groups is 3. The summed E-state index contributed by atoms with van der Waals surface area (Å²) in [6, 6.07) is 12.2. The molecule has 1 heterocycles. The van der Waals surface area contributed by atoms with Gasteiger partial charge in [0.15, 0.2) is 11.4 Å². The number of aromatic nitrogens is 1. The van der Waals surface area contributed by atoms with Crippen molar-refractivity contribution in [3.8, 4) is 5.75 Å². The van der Waals surface area contributed by atoms with Gasteiger partial charge >= 0.3 is 0 Å². The fraction of sp³-hybridized carbons (Fsp3) is 0.231. The van der Waals surface area contributed by atoms with Gasteiger partial charge in [0.25, 0.3) is 5.91 Å². The van der Waals surface area contributed by atoms with Crippen molar-refractivity contribution in [2.24, 2.45) is 17.6 Å². The van der Waals surface area contributed by atoms with E-state index in [-0.39, 0.29) is 29.7 Å². The molecule has 9 nitrogen and oxygen atoms in total. The molecule has 0 fully saturated rings. The van der Waals surface area contributed by atoms with Crippen LogP contribution in [0.5, 0.6) is 5.75 Å². The number of fused-ring (bicyclic) bond motifs is 4. The highest BCUT2D eigenvalue weighted by Gasteiger charge is 2.61. The Morgan fingerprint density at radius 3 is 2.56 bits per heavy atom. The van der Waals surface area contributed by atoms with Crippen LogP contribution in [0, 0.1) is 11.8 Å². The van der Waals surface area contributed by atoms with E-state index in [0.717, 1.165) is 10.2 Å². The number of benzene rings is 2. The van der Waals surface area contributed by atoms with Crippen LogP contribution in [0.3, 0.4) is 0 Å². The molecule has 10 heteroatoms. The van der Waals surface area contributed by atoms with Crippen molar-refractivity contribution in [1.29, 1.82) is 0 Å². The third kappa shape index (κ3) is 2.79. The number of primary amides is 1. The van der Waals surface area contributed by atoms with Crippen molar-refractivity contribution < 1.29 is 34.8 Å². The van der Waals surface area contributed by atoms with Crippen molar-refractivity contribution >= 4 is 39.0 Å². The maximum Gasteiger partial charge on any atom is 0.255 e. The molecule has 1 amide bonds. The standard InChI is InChI=1S/C26H20N2O7S/c27-24(34)20-15(30)9-10-8-12-17(25-28-13-5-1-2-7-16(13)36-25)11-4-3-6-14(29)18(11)21(31)19(12)22(32)26(10,35)23(20)33/h1-7,10,12,17,29-30,32,35H,8-9H2,(H2,27,34)/t10-,12?,17-,26-/m0/s1. The van der Waals surface area contributed by atoms with Crippen molar-refractivity contribution in [1.82, 2.24) is 4.98 Å². The van der Waals surface area contributed by atoms with Crippen LogP contribution >= 0.6 is 11.3 Å². The second-order valence-corrected chi connectivity index (χ2v) is 10.4. The van der Waals surface area contributed by atoms with Gasteiger partial charge in [-0.05, 0) is 30.2 Å². The van der Waals surface area contributed by atoms with Crippen molar-refractivity contribution in [2.75, 3.05) is 0 Å². The number of nitrogens with two attached hydrogens (primary N) is 1. The number of para-hydroxylation sites is 1. The van der Waals surface area contributed by atoms with Crippen LogP contribution in [0.15, 0.2) is 65.1 Å². The summed E-state index contributed by atoms with van der Waals surface area (Å²) in [5.41, 5.74) is 2.85. The summed E-state index contributed by atoms with van der Waals surface area (Å²) in [7, 11) is 0. The number of hydrogen-bond donors (Lipinski definition) is 5. The van der Waals surface area contributed by atoms with Gasteiger partial charge < -0.3 is 26.2 Å². The summed E-state index contributed by atoms with van der Waals surface area (Å²) in [6.07, 6.45) is -0.263. The van der Waals surface area contributed by atoms with Gasteiger partial charge in [-0.2, -0.15) is 0 Å². The molecule has 0 bridgehead atoms. The topological polar surface area (TPSA) is 171 Å². The van der Waals surface area contributed by atoms with E-state index in [0.29, 0.717) is 10.6 Å². The number of ketones is 2. The number of rotatable bonds is 2. The molecule has 6 rings (SSSR count). The van der Waals surface area contributed by atoms with Crippen LogP contribution in [0.4, 0.5) is 0 Å². The number of amides is 1. The van der Waals surface area contributed by atoms with Gasteiger partial charge in [0.05, 0.1) is 15.8 Å². The number of aromatic hydroxyl groups is 1. The van der Waals surface area contributed by atoms with Crippen LogP contribution in [-0.4, -0.2) is 48.5 Å². The minimum Gasteiger partial charge on any atom is -0.511 e. The summed E-state index contributed by atoms with van der Waals surface area (Å²) in [4.78, 5) is 43.4. The third-order valence-electron chi connectivity index (χ3n) is 7.52. The van der Waals surface area contributed by atoms with Crippen LogP contribution in [-0.2, 0) is 9.59 Å². The number of carbonyl (C=O) groups excluding carboxylic acids is 3. The molecular weight excluding hydrogens is 484 g/mol. The van der Waals surface area contributed by atoms with Crippen LogP contribution in [0.2, 0.25) is 0 Å². The predicted molar refractivity (Wildman–Crippen MR) is 129 cm³/mol. The Balaban J connectivity index is 1.62. The number of thiazole rings is 1. The van der Waals surface area contributed by atoms with Crippen molar-refractivity contribution in [3.05, 3.63) is 81.3 Å². The fourth-order valence-electron chi connectivity index (χ4n) is 5.93. The number of nitrogens with zero attached hydrogens (tertiary/aromatic N) is 1. The first-order valence-electron chi connectivity index (χ1n) is 11.3. The molecule has 0 aliphatic heterocycles. The molecule has 3 aliphatic rings. The maximum atomic E-state index is 13.7. The Morgan fingerprint density at radius 2 is 1.83 bits per heavy atom. The van der Waals surface area contributed by atoms with Crippen LogP contribution in [0.1, 0.15) is 39.7 Å². The molecule has 6 N–H and O–H groups in total. The molecule has 0 saturated heterocycles. The van der Waals surface area contributed by atoms with E-state index in [2.05, 4.69) is 0 Å². The number of allylic oxidation sites excluding steroid dienone is 2. The Hall–Kier alpha value is -4.02. The van der Waals surface area contributed by atoms with E-state index in [4.69, 9.17) is 10.7 Å². The van der Waals surface area contributed by atoms with E-state index < -0.39 is 57.9 Å². The normalized spacial score (nSPS) is 27.6. The maximum absolute atomic E-state index is 13.7. The second kappa shape index (κ2) is 7.49. The lowest BCUT2D eigenvalue weighted by molar-refractivity contribution is -0.144. The number of carbonyl (C=O) groups is 3. The minimum absolute atomic E-state index is 0.0269. The molecule has 0 saturated carbocycles. The fourth-order valence-corrected chi connectivity index (χ4v) is 7.08. The molecule has 182 valence electrons. The Kier molecular flexibility index (Phi) is 4.67. The minimum atomic E-state index is -2.61. The second-order valence-electron chi connectivity index (χ2n) is 9.35. The molecule has 0 spiro atoms. The SMILES string of the molecule is NC(=O)C1=C(O)C[C@@H]2CC3C(=C(O)[C@]2(O)C1=O)C(=O)c1c(O)cccc1[C@@H]3c1nc2ccccc2s1. The highest BCUT2D eigenvalue weighted by Crippen LogP contribution is 2.56. The number of phenolic OH excluding ortho intramolecular Hbond substituents is 1. The monoisotopic (exact) mass is 504 g/mol. The summed E-state index contributed by atoms with van der Waals surface area (Å²) in [6.45, 7) is 0. The van der Waals surface area contributed by atoms with Crippen molar-refractivity contribution in [2.45, 2.75) is 24.4 Å². The molecule has 4 atom stereocenters. The Labute approximate surface area is 207 Å². The van der Waals surface area contributed by atoms with Crippen molar-refractivity contribution in [3.63, 3.8) is 0 Å². The average molecular weight is 505 g/mol. The van der Waals surface area contributed by atoms with E-state index in [1.807, 2.05) is 24.3 Å². The first kappa shape index (κ1) is 22.4. The first-order valence-corrected chi connectivity index (χ1v) is 12.1. The summed E-state index contributed by atoms with van der Waals surface area (Å²) in [5, 5.41) is 44.5. The first-order chi connectivity index (χ1) is 17.1. The number of Topliss-reactive ketones (excluding diaryl/α,β-unsaturated/α-hetero) is 2. The number of hydrogen-bond acceptors (Lipinski definition) is 9. The Bertz CT molecular complexity index is 1550. The molecule has 3 aromatic rings. The molecule has 2 aromatic carbocycles. The molecule has 0 radical (unpaired) electrons. The molecule has 1 aromatic heterocycles. The smallest absolute Gasteiger partial charge is 0.255 e. The van der Waals surface area contributed by atoms with Gasteiger partial charge in [-0.1, -0.05) is 24.3 Å². The van der Waals surface area contributed by atoms with Gasteiger partial charge in [0.1, 0.15) is 27.8 Å². The van der Waals surface area contributed by atoms with Crippen LogP contribution < -0.4 is 5.73 Å². The average Bonchev–Trinajstić information content (AvgIpc) is 3.25. The van der Waals surface area contributed by atoms with E-state index in [1.165, 1.54) is 17.4 Å². The summed E-state index contributed by atoms with van der Waals surface area (Å²) >= 11 is 1.41.